The van der Waals surface area contributed by atoms with Crippen molar-refractivity contribution in [2.24, 2.45) is 0 Å². The first-order valence-electron chi connectivity index (χ1n) is 7.28. The number of hydrogen-bond donors (Lipinski definition) is 1. The van der Waals surface area contributed by atoms with E-state index in [0.717, 1.165) is 22.2 Å². The van der Waals surface area contributed by atoms with Crippen LogP contribution in [0.25, 0.3) is 0 Å². The number of benzene rings is 1. The topological polar surface area (TPSA) is 47.6 Å². The van der Waals surface area contributed by atoms with Gasteiger partial charge < -0.3 is 14.6 Å². The number of amides is 1. The van der Waals surface area contributed by atoms with E-state index >= 15 is 0 Å². The zero-order valence-corrected chi connectivity index (χ0v) is 14.0. The Hall–Kier alpha value is -1.33. The van der Waals surface area contributed by atoms with Crippen LogP contribution >= 0.6 is 0 Å². The van der Waals surface area contributed by atoms with E-state index in [1.807, 2.05) is 53.7 Å². The molecule has 0 spiro atoms. The monoisotopic (exact) mass is 289 g/mol. The second kappa shape index (κ2) is 5.14. The van der Waals surface area contributed by atoms with Gasteiger partial charge in [-0.3, -0.25) is 4.79 Å². The summed E-state index contributed by atoms with van der Waals surface area (Å²) in [4.78, 5) is 11.9. The molecule has 21 heavy (non-hydrogen) atoms. The molecule has 114 valence electrons. The van der Waals surface area contributed by atoms with Gasteiger partial charge in [-0.25, -0.2) is 0 Å². The number of carbonyl (C=O) groups is 1. The first kappa shape index (κ1) is 16.1. The van der Waals surface area contributed by atoms with Crippen molar-refractivity contribution in [1.82, 2.24) is 5.32 Å². The molecule has 1 aliphatic heterocycles. The molecule has 1 aromatic carbocycles. The lowest BCUT2D eigenvalue weighted by Gasteiger charge is -2.32. The lowest BCUT2D eigenvalue weighted by Crippen LogP contribution is -2.41. The van der Waals surface area contributed by atoms with Crippen LogP contribution in [-0.4, -0.2) is 31.3 Å². The molecule has 0 saturated carbocycles. The molecule has 2 rings (SSSR count). The van der Waals surface area contributed by atoms with Crippen molar-refractivity contribution in [3.05, 3.63) is 28.8 Å². The minimum absolute atomic E-state index is 0.0644. The molecule has 5 heteroatoms. The molecular formula is C16H24BNO3. The van der Waals surface area contributed by atoms with Crippen LogP contribution in [0, 0.1) is 13.8 Å². The molecule has 0 bridgehead atoms. The van der Waals surface area contributed by atoms with Gasteiger partial charge >= 0.3 is 7.12 Å². The van der Waals surface area contributed by atoms with Crippen LogP contribution in [0.15, 0.2) is 12.1 Å². The quantitative estimate of drug-likeness (QED) is 0.847. The van der Waals surface area contributed by atoms with Crippen LogP contribution in [0.2, 0.25) is 0 Å². The highest BCUT2D eigenvalue weighted by Crippen LogP contribution is 2.36. The van der Waals surface area contributed by atoms with Gasteiger partial charge in [0.25, 0.3) is 5.91 Å². The molecule has 1 aromatic rings. The summed E-state index contributed by atoms with van der Waals surface area (Å²) >= 11 is 0. The van der Waals surface area contributed by atoms with Gasteiger partial charge in [0.1, 0.15) is 0 Å². The summed E-state index contributed by atoms with van der Waals surface area (Å²) < 4.78 is 12.1. The largest absolute Gasteiger partial charge is 0.494 e. The lowest BCUT2D eigenvalue weighted by molar-refractivity contribution is 0.00578. The van der Waals surface area contributed by atoms with E-state index in [1.165, 1.54) is 0 Å². The zero-order chi connectivity index (χ0) is 16.0. The second-order valence-corrected chi connectivity index (χ2v) is 6.70. The third-order valence-electron chi connectivity index (χ3n) is 4.53. The van der Waals surface area contributed by atoms with E-state index in [9.17, 15) is 4.79 Å². The molecular weight excluding hydrogens is 265 g/mol. The fraction of sp³-hybridized carbons (Fsp3) is 0.562. The van der Waals surface area contributed by atoms with Crippen LogP contribution in [0.4, 0.5) is 0 Å². The van der Waals surface area contributed by atoms with Gasteiger partial charge in [-0.2, -0.15) is 0 Å². The van der Waals surface area contributed by atoms with Crippen LogP contribution in [0.5, 0.6) is 0 Å². The highest BCUT2D eigenvalue weighted by molar-refractivity contribution is 6.62. The van der Waals surface area contributed by atoms with Gasteiger partial charge in [-0.05, 0) is 58.1 Å². The van der Waals surface area contributed by atoms with Crippen LogP contribution in [0.1, 0.15) is 49.2 Å². The number of carbonyl (C=O) groups excluding carboxylic acids is 1. The van der Waals surface area contributed by atoms with Gasteiger partial charge in [0, 0.05) is 12.6 Å². The third-order valence-corrected chi connectivity index (χ3v) is 4.53. The lowest BCUT2D eigenvalue weighted by atomic mass is 9.76. The predicted octanol–water partition coefficient (Wildman–Crippen LogP) is 1.96. The van der Waals surface area contributed by atoms with Crippen LogP contribution in [0.3, 0.4) is 0 Å². The molecule has 1 N–H and O–H groups in total. The summed E-state index contributed by atoms with van der Waals surface area (Å²) in [6.07, 6.45) is 0. The Morgan fingerprint density at radius 1 is 1.05 bits per heavy atom. The fourth-order valence-corrected chi connectivity index (χ4v) is 2.60. The number of rotatable bonds is 2. The van der Waals surface area contributed by atoms with E-state index in [1.54, 1.807) is 7.05 Å². The molecule has 0 atom stereocenters. The average Bonchev–Trinajstić information content (AvgIpc) is 2.57. The Balaban J connectivity index is 2.38. The fourth-order valence-electron chi connectivity index (χ4n) is 2.60. The third kappa shape index (κ3) is 2.72. The molecule has 1 amide bonds. The van der Waals surface area contributed by atoms with Gasteiger partial charge in [0.2, 0.25) is 0 Å². The van der Waals surface area contributed by atoms with E-state index in [4.69, 9.17) is 9.31 Å². The molecule has 4 nitrogen and oxygen atoms in total. The van der Waals surface area contributed by atoms with E-state index < -0.39 is 7.12 Å². The number of aryl methyl sites for hydroxylation is 2. The summed E-state index contributed by atoms with van der Waals surface area (Å²) in [6.45, 7) is 12.0. The van der Waals surface area contributed by atoms with Crippen molar-refractivity contribution in [3.63, 3.8) is 0 Å². The highest BCUT2D eigenvalue weighted by Gasteiger charge is 2.51. The molecule has 1 aliphatic rings. The number of hydrogen-bond acceptors (Lipinski definition) is 3. The van der Waals surface area contributed by atoms with Crippen molar-refractivity contribution in [1.29, 1.82) is 0 Å². The average molecular weight is 289 g/mol. The van der Waals surface area contributed by atoms with Gasteiger partial charge in [0.15, 0.2) is 0 Å². The normalized spacial score (nSPS) is 19.7. The molecule has 0 radical (unpaired) electrons. The Kier molecular flexibility index (Phi) is 3.93. The SMILES string of the molecule is CNC(=O)c1c(C)cc(B2OC(C)(C)C(C)(C)O2)cc1C. The maximum atomic E-state index is 11.9. The Bertz CT molecular complexity index is 542. The van der Waals surface area contributed by atoms with Crippen LogP contribution in [-0.2, 0) is 9.31 Å². The Morgan fingerprint density at radius 2 is 1.48 bits per heavy atom. The highest BCUT2D eigenvalue weighted by atomic mass is 16.7. The second-order valence-electron chi connectivity index (χ2n) is 6.70. The van der Waals surface area contributed by atoms with Gasteiger partial charge in [-0.1, -0.05) is 12.1 Å². The smallest absolute Gasteiger partial charge is 0.399 e. The van der Waals surface area contributed by atoms with Crippen molar-refractivity contribution in [2.75, 3.05) is 7.05 Å². The van der Waals surface area contributed by atoms with E-state index in [0.29, 0.717) is 0 Å². The maximum Gasteiger partial charge on any atom is 0.494 e. The molecule has 1 saturated heterocycles. The minimum Gasteiger partial charge on any atom is -0.399 e. The molecule has 1 fully saturated rings. The summed E-state index contributed by atoms with van der Waals surface area (Å²) in [5, 5.41) is 2.68. The maximum absolute atomic E-state index is 11.9. The van der Waals surface area contributed by atoms with Crippen molar-refractivity contribution >= 4 is 18.5 Å². The zero-order valence-electron chi connectivity index (χ0n) is 14.0. The number of nitrogens with one attached hydrogen (secondary N) is 1. The Labute approximate surface area is 127 Å². The van der Waals surface area contributed by atoms with Crippen molar-refractivity contribution in [3.8, 4) is 0 Å². The summed E-state index contributed by atoms with van der Waals surface area (Å²) in [5.74, 6) is -0.0644. The van der Waals surface area contributed by atoms with Gasteiger partial charge in [0.05, 0.1) is 11.2 Å². The van der Waals surface area contributed by atoms with E-state index in [2.05, 4.69) is 5.32 Å². The Morgan fingerprint density at radius 3 is 1.86 bits per heavy atom. The minimum atomic E-state index is -0.397. The summed E-state index contributed by atoms with van der Waals surface area (Å²) in [7, 11) is 1.25. The first-order chi connectivity index (χ1) is 9.59. The first-order valence-corrected chi connectivity index (χ1v) is 7.28. The molecule has 0 unspecified atom stereocenters. The molecule has 0 aliphatic carbocycles. The van der Waals surface area contributed by atoms with Gasteiger partial charge in [-0.15, -0.1) is 0 Å². The van der Waals surface area contributed by atoms with Crippen molar-refractivity contribution in [2.45, 2.75) is 52.7 Å². The van der Waals surface area contributed by atoms with Crippen LogP contribution < -0.4 is 10.8 Å². The molecule has 0 aromatic heterocycles. The summed E-state index contributed by atoms with van der Waals surface area (Å²) in [6, 6.07) is 3.94. The molecule has 1 heterocycles. The van der Waals surface area contributed by atoms with Crippen molar-refractivity contribution < 1.29 is 14.1 Å². The standard InChI is InChI=1S/C16H24BNO3/c1-10-8-12(9-11(2)13(10)14(19)18-7)17-20-15(3,4)16(5,6)21-17/h8-9H,1-7H3,(H,18,19). The summed E-state index contributed by atoms with van der Waals surface area (Å²) in [5.41, 5.74) is 2.81. The predicted molar refractivity (Wildman–Crippen MR) is 85.0 cm³/mol. The van der Waals surface area contributed by atoms with E-state index in [-0.39, 0.29) is 17.1 Å².